The Kier molecular flexibility index (Phi) is 6.13. The molecule has 0 radical (unpaired) electrons. The first-order valence-electron chi connectivity index (χ1n) is 7.58. The third-order valence-electron chi connectivity index (χ3n) is 3.28. The van der Waals surface area contributed by atoms with Crippen LogP contribution in [0.5, 0.6) is 0 Å². The standard InChI is InChI=1S/C17H20O8/c1-4-14(18)20-10-11-21-17(12-22-25-17)24-15(19)23-16(2,3)13-8-6-5-7-9-13/h4-9H,1,10-12H2,2-3H3. The fourth-order valence-corrected chi connectivity index (χ4v) is 1.95. The summed E-state index contributed by atoms with van der Waals surface area (Å²) in [6.45, 7) is 6.45. The first-order chi connectivity index (χ1) is 11.9. The first-order valence-corrected chi connectivity index (χ1v) is 7.58. The Morgan fingerprint density at radius 2 is 1.96 bits per heavy atom. The van der Waals surface area contributed by atoms with Crippen molar-refractivity contribution >= 4 is 12.1 Å². The lowest BCUT2D eigenvalue weighted by Gasteiger charge is -2.37. The third-order valence-corrected chi connectivity index (χ3v) is 3.28. The molecule has 0 aliphatic carbocycles. The highest BCUT2D eigenvalue weighted by Crippen LogP contribution is 2.29. The predicted molar refractivity (Wildman–Crippen MR) is 83.9 cm³/mol. The summed E-state index contributed by atoms with van der Waals surface area (Å²) in [6, 6.07) is 9.19. The predicted octanol–water partition coefficient (Wildman–Crippen LogP) is 2.44. The van der Waals surface area contributed by atoms with Gasteiger partial charge in [-0.1, -0.05) is 36.9 Å². The third kappa shape index (κ3) is 5.28. The molecule has 1 saturated heterocycles. The van der Waals surface area contributed by atoms with Gasteiger partial charge in [-0.15, -0.1) is 0 Å². The largest absolute Gasteiger partial charge is 0.513 e. The molecule has 1 aromatic carbocycles. The highest BCUT2D eigenvalue weighted by molar-refractivity contribution is 5.81. The van der Waals surface area contributed by atoms with E-state index < -0.39 is 23.7 Å². The Hall–Kier alpha value is -2.42. The smallest absolute Gasteiger partial charge is 0.460 e. The lowest BCUT2D eigenvalue weighted by Crippen LogP contribution is -2.54. The normalized spacial score (nSPS) is 19.4. The van der Waals surface area contributed by atoms with Crippen molar-refractivity contribution in [1.82, 2.24) is 0 Å². The highest BCUT2D eigenvalue weighted by atomic mass is 17.3. The summed E-state index contributed by atoms with van der Waals surface area (Å²) < 4.78 is 20.4. The van der Waals surface area contributed by atoms with Gasteiger partial charge in [0.25, 0.3) is 0 Å². The minimum atomic E-state index is -1.72. The maximum atomic E-state index is 12.1. The van der Waals surface area contributed by atoms with Crippen LogP contribution in [0.3, 0.4) is 0 Å². The summed E-state index contributed by atoms with van der Waals surface area (Å²) in [5.41, 5.74) is -0.118. The van der Waals surface area contributed by atoms with Crippen LogP contribution in [0.4, 0.5) is 4.79 Å². The van der Waals surface area contributed by atoms with E-state index in [9.17, 15) is 9.59 Å². The fraction of sp³-hybridized carbons (Fsp3) is 0.412. The van der Waals surface area contributed by atoms with Crippen molar-refractivity contribution in [1.29, 1.82) is 0 Å². The second-order valence-corrected chi connectivity index (χ2v) is 5.58. The average Bonchev–Trinajstić information content (AvgIpc) is 2.56. The molecule has 1 heterocycles. The second kappa shape index (κ2) is 8.11. The van der Waals surface area contributed by atoms with Crippen molar-refractivity contribution < 1.29 is 38.3 Å². The number of carbonyl (C=O) groups is 2. The van der Waals surface area contributed by atoms with E-state index in [1.807, 2.05) is 30.3 Å². The minimum Gasteiger partial charge on any atom is -0.460 e. The van der Waals surface area contributed by atoms with Crippen LogP contribution < -0.4 is 0 Å². The van der Waals surface area contributed by atoms with Gasteiger partial charge in [0.1, 0.15) is 12.2 Å². The van der Waals surface area contributed by atoms with Gasteiger partial charge in [0.2, 0.25) is 0 Å². The molecule has 0 spiro atoms. The van der Waals surface area contributed by atoms with Gasteiger partial charge < -0.3 is 18.9 Å². The molecule has 1 aromatic rings. The van der Waals surface area contributed by atoms with Crippen molar-refractivity contribution in [3.05, 3.63) is 48.6 Å². The summed E-state index contributed by atoms with van der Waals surface area (Å²) in [5, 5.41) is 0. The topological polar surface area (TPSA) is 89.5 Å². The van der Waals surface area contributed by atoms with Crippen LogP contribution >= 0.6 is 0 Å². The van der Waals surface area contributed by atoms with Crippen molar-refractivity contribution in [3.8, 4) is 0 Å². The van der Waals surface area contributed by atoms with Gasteiger partial charge in [0.15, 0.2) is 6.61 Å². The Morgan fingerprint density at radius 1 is 1.28 bits per heavy atom. The van der Waals surface area contributed by atoms with Crippen LogP contribution in [-0.2, 0) is 39.1 Å². The average molecular weight is 352 g/mol. The Morgan fingerprint density at radius 3 is 2.52 bits per heavy atom. The zero-order valence-corrected chi connectivity index (χ0v) is 14.1. The van der Waals surface area contributed by atoms with Crippen molar-refractivity contribution in [2.75, 3.05) is 19.8 Å². The Labute approximate surface area is 145 Å². The Bertz CT molecular complexity index is 606. The van der Waals surface area contributed by atoms with Gasteiger partial charge in [-0.25, -0.2) is 14.5 Å². The number of hydrogen-bond acceptors (Lipinski definition) is 8. The summed E-state index contributed by atoms with van der Waals surface area (Å²) in [4.78, 5) is 32.3. The summed E-state index contributed by atoms with van der Waals surface area (Å²) in [6.07, 6.45) is 0.0402. The summed E-state index contributed by atoms with van der Waals surface area (Å²) in [5.74, 6) is -2.31. The Balaban J connectivity index is 1.85. The quantitative estimate of drug-likeness (QED) is 0.232. The maximum absolute atomic E-state index is 12.1. The molecule has 0 N–H and O–H groups in total. The molecule has 1 atom stereocenters. The van der Waals surface area contributed by atoms with Gasteiger partial charge in [0, 0.05) is 6.08 Å². The second-order valence-electron chi connectivity index (χ2n) is 5.58. The van der Waals surface area contributed by atoms with Crippen molar-refractivity contribution in [2.24, 2.45) is 0 Å². The summed E-state index contributed by atoms with van der Waals surface area (Å²) in [7, 11) is 0. The maximum Gasteiger partial charge on any atom is 0.513 e. The molecular formula is C17H20O8. The molecule has 8 nitrogen and oxygen atoms in total. The zero-order valence-electron chi connectivity index (χ0n) is 14.1. The van der Waals surface area contributed by atoms with Gasteiger partial charge in [-0.3, -0.25) is 0 Å². The van der Waals surface area contributed by atoms with Gasteiger partial charge in [-0.05, 0) is 19.4 Å². The van der Waals surface area contributed by atoms with E-state index >= 15 is 0 Å². The molecule has 0 amide bonds. The lowest BCUT2D eigenvalue weighted by molar-refractivity contribution is -0.597. The highest BCUT2D eigenvalue weighted by Gasteiger charge is 2.49. The van der Waals surface area contributed by atoms with E-state index in [2.05, 4.69) is 11.5 Å². The molecule has 8 heteroatoms. The molecular weight excluding hydrogens is 332 g/mol. The molecule has 1 aliphatic rings. The van der Waals surface area contributed by atoms with E-state index in [1.54, 1.807) is 13.8 Å². The molecule has 25 heavy (non-hydrogen) atoms. The van der Waals surface area contributed by atoms with Crippen LogP contribution in [0.25, 0.3) is 0 Å². The number of esters is 1. The van der Waals surface area contributed by atoms with Crippen LogP contribution in [0.2, 0.25) is 0 Å². The van der Waals surface area contributed by atoms with E-state index in [-0.39, 0.29) is 19.8 Å². The molecule has 0 aromatic heterocycles. The SMILES string of the molecule is C=CC(=O)OCCOC1(OC(=O)OC(C)(C)c2ccccc2)COO1. The van der Waals surface area contributed by atoms with E-state index in [0.29, 0.717) is 0 Å². The van der Waals surface area contributed by atoms with Crippen LogP contribution in [0.15, 0.2) is 43.0 Å². The van der Waals surface area contributed by atoms with E-state index in [0.717, 1.165) is 11.6 Å². The van der Waals surface area contributed by atoms with Crippen molar-refractivity contribution in [3.63, 3.8) is 0 Å². The first kappa shape index (κ1) is 18.9. The number of ether oxygens (including phenoxy) is 4. The van der Waals surface area contributed by atoms with E-state index in [4.69, 9.17) is 23.8 Å². The molecule has 0 bridgehead atoms. The van der Waals surface area contributed by atoms with Gasteiger partial charge in [-0.2, -0.15) is 4.89 Å². The van der Waals surface area contributed by atoms with Gasteiger partial charge >= 0.3 is 18.1 Å². The molecule has 0 saturated carbocycles. The number of hydrogen-bond donors (Lipinski definition) is 0. The number of carbonyl (C=O) groups excluding carboxylic acids is 2. The van der Waals surface area contributed by atoms with E-state index in [1.165, 1.54) is 0 Å². The molecule has 1 unspecified atom stereocenters. The molecule has 136 valence electrons. The monoisotopic (exact) mass is 352 g/mol. The number of rotatable bonds is 8. The zero-order chi connectivity index (χ0) is 18.3. The molecule has 2 rings (SSSR count). The lowest BCUT2D eigenvalue weighted by atomic mass is 9.98. The summed E-state index contributed by atoms with van der Waals surface area (Å²) >= 11 is 0. The molecule has 1 fully saturated rings. The van der Waals surface area contributed by atoms with Crippen LogP contribution in [0.1, 0.15) is 19.4 Å². The number of benzene rings is 1. The fourth-order valence-electron chi connectivity index (χ4n) is 1.95. The van der Waals surface area contributed by atoms with Crippen LogP contribution in [-0.4, -0.2) is 37.9 Å². The van der Waals surface area contributed by atoms with Crippen molar-refractivity contribution in [2.45, 2.75) is 25.4 Å². The minimum absolute atomic E-state index is 0.0656. The van der Waals surface area contributed by atoms with Crippen LogP contribution in [0, 0.1) is 0 Å². The van der Waals surface area contributed by atoms with Gasteiger partial charge in [0.05, 0.1) is 6.61 Å². The molecule has 1 aliphatic heterocycles.